The Bertz CT molecular complexity index is 863. The third-order valence-electron chi connectivity index (χ3n) is 3.86. The Balaban J connectivity index is 1.68. The van der Waals surface area contributed by atoms with Gasteiger partial charge in [-0.1, -0.05) is 18.2 Å². The van der Waals surface area contributed by atoms with Crippen LogP contribution in [0, 0.1) is 5.82 Å². The van der Waals surface area contributed by atoms with Gasteiger partial charge in [-0.05, 0) is 25.1 Å². The van der Waals surface area contributed by atoms with Crippen LogP contribution in [0.25, 0.3) is 10.9 Å². The first-order valence-electron chi connectivity index (χ1n) is 7.64. The summed E-state index contributed by atoms with van der Waals surface area (Å²) in [6.07, 6.45) is 1.79. The van der Waals surface area contributed by atoms with Gasteiger partial charge < -0.3 is 11.1 Å². The van der Waals surface area contributed by atoms with E-state index in [0.29, 0.717) is 6.42 Å². The Morgan fingerprint density at radius 1 is 1.33 bits per heavy atom. The summed E-state index contributed by atoms with van der Waals surface area (Å²) in [5.74, 6) is -0.829. The summed E-state index contributed by atoms with van der Waals surface area (Å²) in [5.41, 5.74) is 7.79. The molecule has 0 bridgehead atoms. The van der Waals surface area contributed by atoms with E-state index in [1.165, 1.54) is 18.3 Å². The van der Waals surface area contributed by atoms with Crippen molar-refractivity contribution in [2.45, 2.75) is 25.4 Å². The van der Waals surface area contributed by atoms with Crippen LogP contribution >= 0.6 is 0 Å². The number of benzene rings is 1. The van der Waals surface area contributed by atoms with Crippen LogP contribution in [0.5, 0.6) is 0 Å². The Morgan fingerprint density at radius 3 is 2.92 bits per heavy atom. The molecule has 1 aromatic carbocycles. The highest BCUT2D eigenvalue weighted by Gasteiger charge is 2.21. The number of nitrogens with two attached hydrogens (primary N) is 1. The van der Waals surface area contributed by atoms with Crippen molar-refractivity contribution < 1.29 is 9.18 Å². The SMILES string of the molecule is CC(NC(=O)C(N)Cc1[nH]nc2ccccc12)c1ncccc1F. The van der Waals surface area contributed by atoms with E-state index in [0.717, 1.165) is 16.6 Å². The van der Waals surface area contributed by atoms with E-state index in [9.17, 15) is 9.18 Å². The van der Waals surface area contributed by atoms with Gasteiger partial charge in [-0.25, -0.2) is 4.39 Å². The number of aromatic nitrogens is 3. The molecule has 6 nitrogen and oxygen atoms in total. The Labute approximate surface area is 138 Å². The number of amides is 1. The number of H-pyrrole nitrogens is 1. The molecular formula is C17H18FN5O. The van der Waals surface area contributed by atoms with Crippen LogP contribution in [0.15, 0.2) is 42.6 Å². The summed E-state index contributed by atoms with van der Waals surface area (Å²) < 4.78 is 13.7. The van der Waals surface area contributed by atoms with E-state index in [1.807, 2.05) is 24.3 Å². The molecule has 1 amide bonds. The van der Waals surface area contributed by atoms with Crippen LogP contribution in [-0.4, -0.2) is 27.1 Å². The molecule has 0 aliphatic carbocycles. The molecule has 3 rings (SSSR count). The lowest BCUT2D eigenvalue weighted by Gasteiger charge is -2.17. The zero-order chi connectivity index (χ0) is 17.1. The number of nitrogens with zero attached hydrogens (tertiary/aromatic N) is 2. The highest BCUT2D eigenvalue weighted by Crippen LogP contribution is 2.17. The van der Waals surface area contributed by atoms with Crippen molar-refractivity contribution in [3.05, 3.63) is 59.8 Å². The first kappa shape index (κ1) is 16.1. The van der Waals surface area contributed by atoms with Gasteiger partial charge in [-0.2, -0.15) is 5.10 Å². The lowest BCUT2D eigenvalue weighted by atomic mass is 10.1. The minimum atomic E-state index is -0.775. The maximum Gasteiger partial charge on any atom is 0.237 e. The maximum atomic E-state index is 13.7. The van der Waals surface area contributed by atoms with E-state index < -0.39 is 17.9 Å². The predicted molar refractivity (Wildman–Crippen MR) is 88.5 cm³/mol. The van der Waals surface area contributed by atoms with Gasteiger partial charge >= 0.3 is 0 Å². The lowest BCUT2D eigenvalue weighted by molar-refractivity contribution is -0.123. The van der Waals surface area contributed by atoms with Crippen molar-refractivity contribution in [1.29, 1.82) is 0 Å². The molecule has 3 aromatic rings. The fourth-order valence-electron chi connectivity index (χ4n) is 2.59. The van der Waals surface area contributed by atoms with Gasteiger partial charge in [0.1, 0.15) is 5.82 Å². The first-order valence-corrected chi connectivity index (χ1v) is 7.64. The number of rotatable bonds is 5. The lowest BCUT2D eigenvalue weighted by Crippen LogP contribution is -2.43. The predicted octanol–water partition coefficient (Wildman–Crippen LogP) is 1.84. The van der Waals surface area contributed by atoms with Crippen molar-refractivity contribution >= 4 is 16.8 Å². The normalized spacial score (nSPS) is 13.6. The molecule has 4 N–H and O–H groups in total. The van der Waals surface area contributed by atoms with Crippen molar-refractivity contribution in [2.75, 3.05) is 0 Å². The van der Waals surface area contributed by atoms with Gasteiger partial charge in [0.15, 0.2) is 0 Å². The fraction of sp³-hybridized carbons (Fsp3) is 0.235. The van der Waals surface area contributed by atoms with Gasteiger partial charge in [0.25, 0.3) is 0 Å². The molecule has 7 heteroatoms. The molecule has 2 atom stereocenters. The quantitative estimate of drug-likeness (QED) is 0.666. The Kier molecular flexibility index (Phi) is 4.52. The second kappa shape index (κ2) is 6.76. The van der Waals surface area contributed by atoms with Gasteiger partial charge in [0, 0.05) is 23.7 Å². The minimum absolute atomic E-state index is 0.185. The second-order valence-corrected chi connectivity index (χ2v) is 5.63. The highest BCUT2D eigenvalue weighted by atomic mass is 19.1. The fourth-order valence-corrected chi connectivity index (χ4v) is 2.59. The summed E-state index contributed by atoms with van der Waals surface area (Å²) in [7, 11) is 0. The summed E-state index contributed by atoms with van der Waals surface area (Å²) >= 11 is 0. The summed E-state index contributed by atoms with van der Waals surface area (Å²) in [5, 5.41) is 10.7. The molecule has 0 saturated heterocycles. The molecular weight excluding hydrogens is 309 g/mol. The zero-order valence-electron chi connectivity index (χ0n) is 13.2. The number of halogens is 1. The van der Waals surface area contributed by atoms with Crippen LogP contribution in [0.3, 0.4) is 0 Å². The molecule has 124 valence electrons. The molecule has 2 unspecified atom stereocenters. The average Bonchev–Trinajstić information content (AvgIpc) is 2.98. The Hall–Kier alpha value is -2.80. The number of para-hydroxylation sites is 1. The van der Waals surface area contributed by atoms with Crippen LogP contribution in [0.2, 0.25) is 0 Å². The molecule has 0 aliphatic rings. The molecule has 0 aliphatic heterocycles. The molecule has 24 heavy (non-hydrogen) atoms. The monoisotopic (exact) mass is 327 g/mol. The number of carbonyl (C=O) groups is 1. The molecule has 0 saturated carbocycles. The topological polar surface area (TPSA) is 96.7 Å². The number of nitrogens with one attached hydrogen (secondary N) is 2. The zero-order valence-corrected chi connectivity index (χ0v) is 13.2. The molecule has 0 radical (unpaired) electrons. The third-order valence-corrected chi connectivity index (χ3v) is 3.86. The van der Waals surface area contributed by atoms with Gasteiger partial charge in [0.05, 0.1) is 23.3 Å². The number of hydrogen-bond acceptors (Lipinski definition) is 4. The summed E-state index contributed by atoms with van der Waals surface area (Å²) in [6.45, 7) is 1.67. The van der Waals surface area contributed by atoms with Crippen molar-refractivity contribution in [3.8, 4) is 0 Å². The van der Waals surface area contributed by atoms with Gasteiger partial charge in [-0.3, -0.25) is 14.9 Å². The average molecular weight is 327 g/mol. The summed E-state index contributed by atoms with van der Waals surface area (Å²) in [4.78, 5) is 16.2. The van der Waals surface area contributed by atoms with Gasteiger partial charge in [-0.15, -0.1) is 0 Å². The van der Waals surface area contributed by atoms with Crippen molar-refractivity contribution in [1.82, 2.24) is 20.5 Å². The number of pyridine rings is 1. The molecule has 0 fully saturated rings. The second-order valence-electron chi connectivity index (χ2n) is 5.63. The van der Waals surface area contributed by atoms with E-state index in [2.05, 4.69) is 20.5 Å². The molecule has 0 spiro atoms. The molecule has 2 aromatic heterocycles. The highest BCUT2D eigenvalue weighted by molar-refractivity contribution is 5.85. The minimum Gasteiger partial charge on any atom is -0.347 e. The number of fused-ring (bicyclic) bond motifs is 1. The number of carbonyl (C=O) groups excluding carboxylic acids is 1. The first-order chi connectivity index (χ1) is 11.6. The van der Waals surface area contributed by atoms with Crippen molar-refractivity contribution in [3.63, 3.8) is 0 Å². The maximum absolute atomic E-state index is 13.7. The number of hydrogen-bond donors (Lipinski definition) is 3. The molecule has 2 heterocycles. The number of aromatic amines is 1. The van der Waals surface area contributed by atoms with Gasteiger partial charge in [0.2, 0.25) is 5.91 Å². The Morgan fingerprint density at radius 2 is 2.12 bits per heavy atom. The van der Waals surface area contributed by atoms with E-state index >= 15 is 0 Å². The standard InChI is InChI=1S/C17H18FN5O/c1-10(16-12(18)6-4-8-20-16)21-17(24)13(19)9-15-11-5-2-3-7-14(11)22-23-15/h2-8,10,13H,9,19H2,1H3,(H,21,24)(H,22,23). The largest absolute Gasteiger partial charge is 0.347 e. The van der Waals surface area contributed by atoms with E-state index in [1.54, 1.807) is 6.92 Å². The van der Waals surface area contributed by atoms with Crippen LogP contribution in [0.1, 0.15) is 24.4 Å². The van der Waals surface area contributed by atoms with E-state index in [4.69, 9.17) is 5.73 Å². The van der Waals surface area contributed by atoms with Crippen LogP contribution < -0.4 is 11.1 Å². The van der Waals surface area contributed by atoms with Crippen LogP contribution in [0.4, 0.5) is 4.39 Å². The van der Waals surface area contributed by atoms with E-state index in [-0.39, 0.29) is 11.6 Å². The third kappa shape index (κ3) is 3.26. The van der Waals surface area contributed by atoms with Crippen LogP contribution in [-0.2, 0) is 11.2 Å². The van der Waals surface area contributed by atoms with Crippen molar-refractivity contribution in [2.24, 2.45) is 5.73 Å². The smallest absolute Gasteiger partial charge is 0.237 e. The summed E-state index contributed by atoms with van der Waals surface area (Å²) in [6, 6.07) is 9.06.